The molecule has 0 unspecified atom stereocenters. The van der Waals surface area contributed by atoms with Gasteiger partial charge in [0.2, 0.25) is 0 Å². The smallest absolute Gasteiger partial charge is 0.259 e. The number of fused-ring (bicyclic) bond motifs is 1. The van der Waals surface area contributed by atoms with E-state index in [9.17, 15) is 4.79 Å². The van der Waals surface area contributed by atoms with Gasteiger partial charge in [-0.25, -0.2) is 9.97 Å². The maximum Gasteiger partial charge on any atom is 0.259 e. The molecule has 0 fully saturated rings. The highest BCUT2D eigenvalue weighted by Gasteiger charge is 2.23. The number of pyridine rings is 1. The Morgan fingerprint density at radius 1 is 1.12 bits per heavy atom. The van der Waals surface area contributed by atoms with E-state index in [1.165, 1.54) is 10.4 Å². The third kappa shape index (κ3) is 4.24. The van der Waals surface area contributed by atoms with Gasteiger partial charge in [-0.05, 0) is 44.0 Å². The number of imidazole rings is 1. The van der Waals surface area contributed by atoms with E-state index in [0.717, 1.165) is 28.2 Å². The minimum atomic E-state index is -0.0907. The predicted octanol–water partition coefficient (Wildman–Crippen LogP) is 5.39. The van der Waals surface area contributed by atoms with Crippen LogP contribution in [0.2, 0.25) is 0 Å². The largest absolute Gasteiger partial charge is 0.337 e. The van der Waals surface area contributed by atoms with E-state index in [1.807, 2.05) is 30.8 Å². The van der Waals surface area contributed by atoms with Gasteiger partial charge < -0.3 is 14.0 Å². The summed E-state index contributed by atoms with van der Waals surface area (Å²) in [5.41, 5.74) is 5.59. The second-order valence-corrected chi connectivity index (χ2v) is 10.0. The summed E-state index contributed by atoms with van der Waals surface area (Å²) >= 11 is 1.71. The molecular weight excluding hydrogens is 446 g/mol. The van der Waals surface area contributed by atoms with E-state index in [4.69, 9.17) is 4.52 Å². The Bertz CT molecular complexity index is 1470. The Balaban J connectivity index is 1.42. The van der Waals surface area contributed by atoms with E-state index in [2.05, 4.69) is 59.3 Å². The van der Waals surface area contributed by atoms with Gasteiger partial charge in [-0.1, -0.05) is 29.4 Å². The molecule has 4 heterocycles. The summed E-state index contributed by atoms with van der Waals surface area (Å²) in [4.78, 5) is 26.4. The molecule has 0 aliphatic rings. The minimum absolute atomic E-state index is 0.0907. The highest BCUT2D eigenvalue weighted by molar-refractivity contribution is 7.12. The molecule has 0 bridgehead atoms. The fourth-order valence-electron chi connectivity index (χ4n) is 4.18. The Kier molecular flexibility index (Phi) is 5.75. The lowest BCUT2D eigenvalue weighted by molar-refractivity contribution is 0.0787. The molecule has 7 nitrogen and oxygen atoms in total. The molecule has 0 radical (unpaired) electrons. The third-order valence-electron chi connectivity index (χ3n) is 5.88. The van der Waals surface area contributed by atoms with Crippen molar-refractivity contribution in [3.05, 3.63) is 87.3 Å². The lowest BCUT2D eigenvalue weighted by atomic mass is 10.0. The zero-order valence-electron chi connectivity index (χ0n) is 19.6. The molecule has 0 saturated heterocycles. The maximum absolute atomic E-state index is 13.6. The normalized spacial score (nSPS) is 11.3. The molecule has 0 N–H and O–H groups in total. The number of aryl methyl sites for hydroxylation is 3. The van der Waals surface area contributed by atoms with E-state index in [1.54, 1.807) is 28.8 Å². The van der Waals surface area contributed by atoms with E-state index in [-0.39, 0.29) is 5.91 Å². The van der Waals surface area contributed by atoms with Crippen LogP contribution in [0.15, 0.2) is 59.6 Å². The van der Waals surface area contributed by atoms with Crippen LogP contribution in [0.4, 0.5) is 0 Å². The lowest BCUT2D eigenvalue weighted by Crippen LogP contribution is -2.26. The first-order chi connectivity index (χ1) is 16.4. The Labute approximate surface area is 201 Å². The summed E-state index contributed by atoms with van der Waals surface area (Å²) in [7, 11) is 1.82. The van der Waals surface area contributed by atoms with Crippen molar-refractivity contribution in [2.24, 2.45) is 0 Å². The van der Waals surface area contributed by atoms with Crippen LogP contribution in [0, 0.1) is 20.8 Å². The Hall–Kier alpha value is -3.78. The minimum Gasteiger partial charge on any atom is -0.337 e. The maximum atomic E-state index is 13.6. The fourth-order valence-corrected chi connectivity index (χ4v) is 5.11. The van der Waals surface area contributed by atoms with Crippen molar-refractivity contribution in [1.29, 1.82) is 0 Å². The Morgan fingerprint density at radius 3 is 2.56 bits per heavy atom. The summed E-state index contributed by atoms with van der Waals surface area (Å²) in [5.74, 6) is -0.0907. The van der Waals surface area contributed by atoms with Crippen molar-refractivity contribution in [3.63, 3.8) is 0 Å². The molecule has 8 heteroatoms. The fraction of sp³-hybridized carbons (Fsp3) is 0.231. The number of aromatic nitrogens is 4. The molecule has 0 atom stereocenters. The number of nitrogens with zero attached hydrogens (tertiary/aromatic N) is 5. The van der Waals surface area contributed by atoms with Gasteiger partial charge in [0.1, 0.15) is 0 Å². The molecule has 0 spiro atoms. The first-order valence-electron chi connectivity index (χ1n) is 11.0. The van der Waals surface area contributed by atoms with Crippen LogP contribution in [-0.2, 0) is 13.1 Å². The third-order valence-corrected chi connectivity index (χ3v) is 6.84. The number of amides is 1. The monoisotopic (exact) mass is 471 g/mol. The van der Waals surface area contributed by atoms with Gasteiger partial charge in [0, 0.05) is 47.8 Å². The van der Waals surface area contributed by atoms with Crippen molar-refractivity contribution in [2.75, 3.05) is 7.05 Å². The van der Waals surface area contributed by atoms with Gasteiger partial charge in [0.15, 0.2) is 0 Å². The number of carbonyl (C=O) groups excluding carboxylic acids is 1. The first-order valence-corrected chi connectivity index (χ1v) is 11.8. The van der Waals surface area contributed by atoms with Crippen molar-refractivity contribution in [2.45, 2.75) is 33.9 Å². The first kappa shape index (κ1) is 22.0. The quantitative estimate of drug-likeness (QED) is 0.332. The number of hydrogen-bond donors (Lipinski definition) is 0. The average molecular weight is 472 g/mol. The molecule has 0 aliphatic heterocycles. The predicted molar refractivity (Wildman–Crippen MR) is 133 cm³/mol. The average Bonchev–Trinajstić information content (AvgIpc) is 3.55. The molecule has 4 aromatic heterocycles. The van der Waals surface area contributed by atoms with E-state index in [0.29, 0.717) is 28.9 Å². The molecular formula is C26H25N5O2S. The van der Waals surface area contributed by atoms with Crippen LogP contribution in [0.3, 0.4) is 0 Å². The number of benzene rings is 1. The summed E-state index contributed by atoms with van der Waals surface area (Å²) in [6.45, 7) is 7.22. The van der Waals surface area contributed by atoms with E-state index < -0.39 is 0 Å². The van der Waals surface area contributed by atoms with Crippen LogP contribution in [0.1, 0.15) is 36.9 Å². The van der Waals surface area contributed by atoms with Crippen molar-refractivity contribution >= 4 is 28.3 Å². The number of carbonyl (C=O) groups is 1. The van der Waals surface area contributed by atoms with Gasteiger partial charge in [-0.2, -0.15) is 0 Å². The highest BCUT2D eigenvalue weighted by atomic mass is 32.1. The lowest BCUT2D eigenvalue weighted by Gasteiger charge is -2.18. The molecule has 5 aromatic rings. The summed E-state index contributed by atoms with van der Waals surface area (Å²) < 4.78 is 7.49. The van der Waals surface area contributed by atoms with Gasteiger partial charge in [0.25, 0.3) is 11.6 Å². The van der Waals surface area contributed by atoms with E-state index >= 15 is 0 Å². The zero-order valence-corrected chi connectivity index (χ0v) is 20.4. The SMILES string of the molecule is Cc1cc(-c2cc(C(=O)N(C)Cc3ccc(Cn4ccnc4)cc3)c3c(C)noc3n2)c(C)s1. The van der Waals surface area contributed by atoms with Gasteiger partial charge in [-0.15, -0.1) is 11.3 Å². The molecule has 0 aliphatic carbocycles. The summed E-state index contributed by atoms with van der Waals surface area (Å²) in [6, 6.07) is 12.3. The van der Waals surface area contributed by atoms with Gasteiger partial charge >= 0.3 is 0 Å². The van der Waals surface area contributed by atoms with Crippen LogP contribution in [0.25, 0.3) is 22.4 Å². The summed E-state index contributed by atoms with van der Waals surface area (Å²) in [6.07, 6.45) is 5.51. The van der Waals surface area contributed by atoms with Crippen LogP contribution in [-0.4, -0.2) is 37.5 Å². The molecule has 34 heavy (non-hydrogen) atoms. The topological polar surface area (TPSA) is 77.0 Å². The number of rotatable bonds is 6. The van der Waals surface area contributed by atoms with Gasteiger partial charge in [-0.3, -0.25) is 4.79 Å². The van der Waals surface area contributed by atoms with Crippen molar-refractivity contribution in [3.8, 4) is 11.3 Å². The van der Waals surface area contributed by atoms with Crippen LogP contribution in [0.5, 0.6) is 0 Å². The molecule has 1 aromatic carbocycles. The Morgan fingerprint density at radius 2 is 1.88 bits per heavy atom. The zero-order chi connectivity index (χ0) is 23.8. The van der Waals surface area contributed by atoms with Crippen LogP contribution >= 0.6 is 11.3 Å². The molecule has 172 valence electrons. The second kappa shape index (κ2) is 8.87. The molecule has 0 saturated carbocycles. The molecule has 1 amide bonds. The summed E-state index contributed by atoms with van der Waals surface area (Å²) in [5, 5.41) is 4.74. The second-order valence-electron chi connectivity index (χ2n) is 8.54. The van der Waals surface area contributed by atoms with Crippen molar-refractivity contribution < 1.29 is 9.32 Å². The van der Waals surface area contributed by atoms with Gasteiger partial charge in [0.05, 0.1) is 28.7 Å². The van der Waals surface area contributed by atoms with Crippen molar-refractivity contribution in [1.82, 2.24) is 24.6 Å². The highest BCUT2D eigenvalue weighted by Crippen LogP contribution is 2.33. The number of thiophene rings is 1. The number of hydrogen-bond acceptors (Lipinski definition) is 6. The standard InChI is InChI=1S/C26H25N5O2S/c1-16-11-21(18(3)34-16)23-12-22(24-17(2)29-33-25(24)28-23)26(32)30(4)13-19-5-7-20(8-6-19)14-31-10-9-27-15-31/h5-12,15H,13-14H2,1-4H3. The molecule has 5 rings (SSSR count). The van der Waals surface area contributed by atoms with Crippen LogP contribution < -0.4 is 0 Å².